The number of carbonyl (C=O) groups excluding carboxylic acids is 2. The first-order chi connectivity index (χ1) is 12.1. The van der Waals surface area contributed by atoms with E-state index >= 15 is 0 Å². The predicted molar refractivity (Wildman–Crippen MR) is 90.8 cm³/mol. The van der Waals surface area contributed by atoms with Crippen molar-refractivity contribution in [3.8, 4) is 5.75 Å². The third-order valence-electron chi connectivity index (χ3n) is 3.51. The SMILES string of the molecule is COc1ccc2o/c(=N/NC(=O)c3ccccc3)c(C(N)=O)cc2c1. The third-order valence-corrected chi connectivity index (χ3v) is 3.51. The summed E-state index contributed by atoms with van der Waals surface area (Å²) in [6.07, 6.45) is 0. The Hall–Kier alpha value is -3.61. The van der Waals surface area contributed by atoms with Crippen LogP contribution in [0.25, 0.3) is 11.0 Å². The zero-order valence-electron chi connectivity index (χ0n) is 13.4. The summed E-state index contributed by atoms with van der Waals surface area (Å²) in [4.78, 5) is 23.8. The minimum absolute atomic E-state index is 0.0501. The Balaban J connectivity index is 2.03. The summed E-state index contributed by atoms with van der Waals surface area (Å²) < 4.78 is 10.7. The number of methoxy groups -OCH3 is 1. The predicted octanol–water partition coefficient (Wildman–Crippen LogP) is 1.79. The van der Waals surface area contributed by atoms with Gasteiger partial charge < -0.3 is 14.9 Å². The normalized spacial score (nSPS) is 11.3. The van der Waals surface area contributed by atoms with Crippen LogP contribution in [0.5, 0.6) is 5.75 Å². The molecule has 1 heterocycles. The standard InChI is InChI=1S/C18H15N3O4/c1-24-13-7-8-15-12(9-13)10-14(16(19)22)18(25-15)21-20-17(23)11-5-3-2-4-6-11/h2-10H,1H3,(H2,19,22)(H,20,23)/b21-18+. The summed E-state index contributed by atoms with van der Waals surface area (Å²) in [5.74, 6) is -0.539. The lowest BCUT2D eigenvalue weighted by Gasteiger charge is -2.04. The molecule has 3 aromatic rings. The maximum atomic E-state index is 12.1. The van der Waals surface area contributed by atoms with Crippen molar-refractivity contribution < 1.29 is 18.7 Å². The zero-order chi connectivity index (χ0) is 17.8. The van der Waals surface area contributed by atoms with Gasteiger partial charge in [0.1, 0.15) is 16.9 Å². The summed E-state index contributed by atoms with van der Waals surface area (Å²) in [5.41, 5.74) is 8.62. The lowest BCUT2D eigenvalue weighted by atomic mass is 10.1. The van der Waals surface area contributed by atoms with Crippen LogP contribution in [0.2, 0.25) is 0 Å². The smallest absolute Gasteiger partial charge is 0.271 e. The molecule has 3 rings (SSSR count). The van der Waals surface area contributed by atoms with E-state index in [4.69, 9.17) is 14.9 Å². The van der Waals surface area contributed by atoms with Crippen LogP contribution in [0.15, 0.2) is 64.1 Å². The summed E-state index contributed by atoms with van der Waals surface area (Å²) in [6, 6.07) is 15.2. The Kier molecular flexibility index (Phi) is 4.47. The van der Waals surface area contributed by atoms with Crippen molar-refractivity contribution in [1.29, 1.82) is 0 Å². The van der Waals surface area contributed by atoms with Crippen molar-refractivity contribution in [2.75, 3.05) is 7.11 Å². The molecule has 1 aromatic heterocycles. The molecule has 0 fully saturated rings. The summed E-state index contributed by atoms with van der Waals surface area (Å²) in [5, 5.41) is 4.52. The van der Waals surface area contributed by atoms with Gasteiger partial charge in [0.15, 0.2) is 0 Å². The van der Waals surface area contributed by atoms with Crippen LogP contribution < -0.4 is 21.5 Å². The van der Waals surface area contributed by atoms with Gasteiger partial charge in [0.05, 0.1) is 7.11 Å². The maximum Gasteiger partial charge on any atom is 0.271 e. The largest absolute Gasteiger partial charge is 0.497 e. The van der Waals surface area contributed by atoms with E-state index in [2.05, 4.69) is 10.5 Å². The fourth-order valence-electron chi connectivity index (χ4n) is 2.25. The van der Waals surface area contributed by atoms with Crippen molar-refractivity contribution in [3.63, 3.8) is 0 Å². The fourth-order valence-corrected chi connectivity index (χ4v) is 2.25. The first kappa shape index (κ1) is 16.3. The minimum atomic E-state index is -0.721. The Bertz CT molecular complexity index is 1010. The number of primary amides is 1. The van der Waals surface area contributed by atoms with Crippen LogP contribution in [0.1, 0.15) is 20.7 Å². The Morgan fingerprint density at radius 2 is 1.88 bits per heavy atom. The molecule has 3 N–H and O–H groups in total. The number of nitrogens with zero attached hydrogens (tertiary/aromatic N) is 1. The van der Waals surface area contributed by atoms with Crippen LogP contribution in [0.3, 0.4) is 0 Å². The first-order valence-corrected chi connectivity index (χ1v) is 7.39. The molecule has 0 saturated carbocycles. The van der Waals surface area contributed by atoms with E-state index in [1.54, 1.807) is 48.5 Å². The number of fused-ring (bicyclic) bond motifs is 1. The number of amides is 2. The average Bonchev–Trinajstić information content (AvgIpc) is 2.65. The van der Waals surface area contributed by atoms with E-state index in [0.717, 1.165) is 0 Å². The molecule has 0 unspecified atom stereocenters. The van der Waals surface area contributed by atoms with Gasteiger partial charge in [-0.25, -0.2) is 5.43 Å². The van der Waals surface area contributed by atoms with Crippen LogP contribution in [0.4, 0.5) is 0 Å². The molecule has 0 atom stereocenters. The van der Waals surface area contributed by atoms with Crippen LogP contribution in [0, 0.1) is 0 Å². The number of nitrogens with one attached hydrogen (secondary N) is 1. The molecule has 7 heteroatoms. The highest BCUT2D eigenvalue weighted by Crippen LogP contribution is 2.20. The Morgan fingerprint density at radius 1 is 1.12 bits per heavy atom. The molecule has 2 amide bonds. The number of carbonyl (C=O) groups is 2. The van der Waals surface area contributed by atoms with Gasteiger partial charge in [-0.3, -0.25) is 9.59 Å². The van der Waals surface area contributed by atoms with Gasteiger partial charge in [0.2, 0.25) is 5.55 Å². The Labute approximate surface area is 142 Å². The second-order valence-corrected chi connectivity index (χ2v) is 5.15. The van der Waals surface area contributed by atoms with E-state index in [9.17, 15) is 9.59 Å². The van der Waals surface area contributed by atoms with Crippen molar-refractivity contribution in [3.05, 3.63) is 71.3 Å². The second kappa shape index (κ2) is 6.88. The van der Waals surface area contributed by atoms with Gasteiger partial charge in [0.25, 0.3) is 11.8 Å². The number of ether oxygens (including phenoxy) is 1. The molecule has 0 radical (unpaired) electrons. The molecular weight excluding hydrogens is 322 g/mol. The quantitative estimate of drug-likeness (QED) is 0.708. The van der Waals surface area contributed by atoms with E-state index in [-0.39, 0.29) is 11.1 Å². The maximum absolute atomic E-state index is 12.1. The highest BCUT2D eigenvalue weighted by molar-refractivity contribution is 5.96. The highest BCUT2D eigenvalue weighted by atomic mass is 16.5. The van der Waals surface area contributed by atoms with Gasteiger partial charge in [-0.2, -0.15) is 0 Å². The first-order valence-electron chi connectivity index (χ1n) is 7.39. The lowest BCUT2D eigenvalue weighted by molar-refractivity contribution is 0.0946. The van der Waals surface area contributed by atoms with Gasteiger partial charge in [-0.15, -0.1) is 5.10 Å². The topological polar surface area (TPSA) is 107 Å². The van der Waals surface area contributed by atoms with E-state index < -0.39 is 11.8 Å². The van der Waals surface area contributed by atoms with Gasteiger partial charge in [-0.05, 0) is 36.4 Å². The molecule has 2 aromatic carbocycles. The number of rotatable bonds is 4. The van der Waals surface area contributed by atoms with Crippen LogP contribution in [-0.2, 0) is 0 Å². The molecule has 126 valence electrons. The van der Waals surface area contributed by atoms with Crippen LogP contribution >= 0.6 is 0 Å². The minimum Gasteiger partial charge on any atom is -0.497 e. The summed E-state index contributed by atoms with van der Waals surface area (Å²) in [6.45, 7) is 0. The van der Waals surface area contributed by atoms with Gasteiger partial charge >= 0.3 is 0 Å². The molecule has 0 aliphatic carbocycles. The summed E-state index contributed by atoms with van der Waals surface area (Å²) >= 11 is 0. The number of benzene rings is 2. The van der Waals surface area contributed by atoms with E-state index in [1.165, 1.54) is 13.2 Å². The van der Waals surface area contributed by atoms with E-state index in [1.807, 2.05) is 0 Å². The fraction of sp³-hybridized carbons (Fsp3) is 0.0556. The van der Waals surface area contributed by atoms with Crippen LogP contribution in [-0.4, -0.2) is 18.9 Å². The number of hydrogen-bond acceptors (Lipinski definition) is 5. The third kappa shape index (κ3) is 3.50. The number of hydrogen-bond donors (Lipinski definition) is 2. The monoisotopic (exact) mass is 337 g/mol. The highest BCUT2D eigenvalue weighted by Gasteiger charge is 2.11. The lowest BCUT2D eigenvalue weighted by Crippen LogP contribution is -2.27. The summed E-state index contributed by atoms with van der Waals surface area (Å²) in [7, 11) is 1.54. The van der Waals surface area contributed by atoms with E-state index in [0.29, 0.717) is 22.3 Å². The van der Waals surface area contributed by atoms with Crippen molar-refractivity contribution in [1.82, 2.24) is 5.43 Å². The molecule has 7 nitrogen and oxygen atoms in total. The van der Waals surface area contributed by atoms with Gasteiger partial charge in [0, 0.05) is 10.9 Å². The van der Waals surface area contributed by atoms with Crippen molar-refractivity contribution in [2.24, 2.45) is 10.8 Å². The molecule has 0 aliphatic heterocycles. The zero-order valence-corrected chi connectivity index (χ0v) is 13.4. The van der Waals surface area contributed by atoms with Crippen molar-refractivity contribution in [2.45, 2.75) is 0 Å². The molecule has 0 spiro atoms. The second-order valence-electron chi connectivity index (χ2n) is 5.15. The molecule has 25 heavy (non-hydrogen) atoms. The van der Waals surface area contributed by atoms with Crippen molar-refractivity contribution >= 4 is 22.8 Å². The molecule has 0 aliphatic rings. The molecule has 0 bridgehead atoms. The van der Waals surface area contributed by atoms with Gasteiger partial charge in [-0.1, -0.05) is 18.2 Å². The number of nitrogens with two attached hydrogens (primary N) is 1. The Morgan fingerprint density at radius 3 is 2.56 bits per heavy atom. The molecule has 0 saturated heterocycles. The molecular formula is C18H15N3O4. The average molecular weight is 337 g/mol.